The van der Waals surface area contributed by atoms with Crippen molar-refractivity contribution in [2.45, 2.75) is 6.61 Å². The summed E-state index contributed by atoms with van der Waals surface area (Å²) in [5.74, 6) is -1.20. The zero-order valence-electron chi connectivity index (χ0n) is 18.2. The van der Waals surface area contributed by atoms with Gasteiger partial charge in [0.1, 0.15) is 24.7 Å². The van der Waals surface area contributed by atoms with Gasteiger partial charge in [-0.2, -0.15) is 0 Å². The molecule has 6 nitrogen and oxygen atoms in total. The summed E-state index contributed by atoms with van der Waals surface area (Å²) in [6, 6.07) is 27.7. The van der Waals surface area contributed by atoms with Gasteiger partial charge in [0.15, 0.2) is 0 Å². The van der Waals surface area contributed by atoms with Crippen LogP contribution in [0.2, 0.25) is 0 Å². The third kappa shape index (κ3) is 4.42. The molecule has 2 N–H and O–H groups in total. The molecule has 5 rings (SSSR count). The largest absolute Gasteiger partial charge is 0.488 e. The molecule has 6 heteroatoms. The summed E-state index contributed by atoms with van der Waals surface area (Å²) in [4.78, 5) is 36.2. The number of carboxylic acid groups (broad SMARTS) is 1. The van der Waals surface area contributed by atoms with Crippen LogP contribution in [0.15, 0.2) is 91.0 Å². The molecule has 0 spiro atoms. The summed E-state index contributed by atoms with van der Waals surface area (Å²) < 4.78 is 5.72. The van der Waals surface area contributed by atoms with Crippen LogP contribution in [0.4, 0.5) is 0 Å². The molecular formula is C28H21NO5. The molecule has 34 heavy (non-hydrogen) atoms. The van der Waals surface area contributed by atoms with E-state index in [1.165, 1.54) is 12.1 Å². The molecule has 0 fully saturated rings. The van der Waals surface area contributed by atoms with Crippen molar-refractivity contribution in [2.24, 2.45) is 0 Å². The van der Waals surface area contributed by atoms with E-state index in [9.17, 15) is 14.7 Å². The lowest BCUT2D eigenvalue weighted by molar-refractivity contribution is -0.0980. The summed E-state index contributed by atoms with van der Waals surface area (Å²) in [6.45, 7) is 2.24. The van der Waals surface area contributed by atoms with Gasteiger partial charge in [0.2, 0.25) is 5.78 Å². The van der Waals surface area contributed by atoms with Crippen LogP contribution in [0.25, 0.3) is 21.7 Å². The van der Waals surface area contributed by atoms with Crippen molar-refractivity contribution in [1.82, 2.24) is 4.98 Å². The van der Waals surface area contributed by atoms with E-state index >= 15 is 0 Å². The van der Waals surface area contributed by atoms with E-state index < -0.39 is 5.97 Å². The summed E-state index contributed by atoms with van der Waals surface area (Å²) in [5, 5.41) is 12.8. The SMILES string of the molecule is C=O.O=C(c1ccc(OCc2ccccc2)c(C(=O)O)c1)c1cc2c(ccc3ccccc32)[nH]1. The van der Waals surface area contributed by atoms with Gasteiger partial charge in [-0.25, -0.2) is 4.79 Å². The molecule has 0 bridgehead atoms. The first-order valence-corrected chi connectivity index (χ1v) is 10.5. The van der Waals surface area contributed by atoms with Crippen LogP contribution in [-0.2, 0) is 11.4 Å². The number of aromatic nitrogens is 1. The average molecular weight is 451 g/mol. The lowest BCUT2D eigenvalue weighted by Gasteiger charge is -2.10. The Morgan fingerprint density at radius 2 is 1.56 bits per heavy atom. The number of carboxylic acids is 1. The standard InChI is InChI=1S/C27H19NO4.CH2O/c29-26(24-15-21-20-9-5-4-8-18(20)10-12-23(21)28-24)19-11-13-25(22(14-19)27(30)31)32-16-17-6-2-1-3-7-17;1-2/h1-15,28H,16H2,(H,30,31);1H2. The summed E-state index contributed by atoms with van der Waals surface area (Å²) in [5.41, 5.74) is 2.42. The Balaban J connectivity index is 0.00000133. The minimum atomic E-state index is -1.15. The first-order valence-electron chi connectivity index (χ1n) is 10.5. The molecular weight excluding hydrogens is 430 g/mol. The molecule has 168 valence electrons. The highest BCUT2D eigenvalue weighted by Gasteiger charge is 2.18. The van der Waals surface area contributed by atoms with Crippen molar-refractivity contribution in [3.63, 3.8) is 0 Å². The highest BCUT2D eigenvalue weighted by molar-refractivity contribution is 6.14. The number of carbonyl (C=O) groups excluding carboxylic acids is 2. The van der Waals surface area contributed by atoms with E-state index in [0.29, 0.717) is 5.69 Å². The fraction of sp³-hybridized carbons (Fsp3) is 0.0357. The fourth-order valence-corrected chi connectivity index (χ4v) is 3.86. The summed E-state index contributed by atoms with van der Waals surface area (Å²) >= 11 is 0. The third-order valence-corrected chi connectivity index (χ3v) is 5.48. The Labute approximate surface area is 195 Å². The number of aromatic carboxylic acids is 1. The van der Waals surface area contributed by atoms with Gasteiger partial charge in [0.25, 0.3) is 0 Å². The fourth-order valence-electron chi connectivity index (χ4n) is 3.86. The highest BCUT2D eigenvalue weighted by Crippen LogP contribution is 2.28. The van der Waals surface area contributed by atoms with E-state index in [1.54, 1.807) is 6.07 Å². The number of aromatic amines is 1. The van der Waals surface area contributed by atoms with Crippen molar-refractivity contribution in [3.8, 4) is 5.75 Å². The Bertz CT molecular complexity index is 1490. The van der Waals surface area contributed by atoms with E-state index in [-0.39, 0.29) is 29.3 Å². The number of carbonyl (C=O) groups is 3. The van der Waals surface area contributed by atoms with Crippen molar-refractivity contribution >= 4 is 40.2 Å². The van der Waals surface area contributed by atoms with Gasteiger partial charge in [0.05, 0.1) is 5.69 Å². The van der Waals surface area contributed by atoms with Crippen molar-refractivity contribution in [3.05, 3.63) is 113 Å². The highest BCUT2D eigenvalue weighted by atomic mass is 16.5. The molecule has 0 aliphatic carbocycles. The number of hydrogen-bond donors (Lipinski definition) is 2. The number of ketones is 1. The molecule has 0 aliphatic rings. The van der Waals surface area contributed by atoms with Crippen LogP contribution in [-0.4, -0.2) is 28.6 Å². The first-order chi connectivity index (χ1) is 16.6. The predicted octanol–water partition coefficient (Wildman–Crippen LogP) is 5.64. The molecule has 1 heterocycles. The zero-order valence-corrected chi connectivity index (χ0v) is 18.2. The minimum Gasteiger partial charge on any atom is -0.488 e. The molecule has 0 saturated heterocycles. The Hall–Kier alpha value is -4.71. The van der Waals surface area contributed by atoms with Crippen LogP contribution in [0.3, 0.4) is 0 Å². The second-order valence-corrected chi connectivity index (χ2v) is 7.55. The Morgan fingerprint density at radius 1 is 0.824 bits per heavy atom. The van der Waals surface area contributed by atoms with E-state index in [0.717, 1.165) is 27.2 Å². The number of rotatable bonds is 6. The number of ether oxygens (including phenoxy) is 1. The average Bonchev–Trinajstić information content (AvgIpc) is 3.34. The molecule has 0 saturated carbocycles. The molecule has 1 aromatic heterocycles. The van der Waals surface area contributed by atoms with Gasteiger partial charge in [-0.1, -0.05) is 60.7 Å². The normalized spacial score (nSPS) is 10.5. The molecule has 0 amide bonds. The maximum atomic E-state index is 13.2. The Kier molecular flexibility index (Phi) is 6.50. The second kappa shape index (κ2) is 9.83. The molecule has 4 aromatic carbocycles. The first kappa shape index (κ1) is 22.5. The van der Waals surface area contributed by atoms with Crippen LogP contribution < -0.4 is 4.74 Å². The van der Waals surface area contributed by atoms with Gasteiger partial charge in [-0.15, -0.1) is 0 Å². The molecule has 0 unspecified atom stereocenters. The number of nitrogens with one attached hydrogen (secondary N) is 1. The van der Waals surface area contributed by atoms with Crippen LogP contribution in [0, 0.1) is 0 Å². The van der Waals surface area contributed by atoms with Crippen molar-refractivity contribution < 1.29 is 24.2 Å². The van der Waals surface area contributed by atoms with Gasteiger partial charge >= 0.3 is 5.97 Å². The lowest BCUT2D eigenvalue weighted by Crippen LogP contribution is -2.07. The monoisotopic (exact) mass is 451 g/mol. The molecule has 0 radical (unpaired) electrons. The lowest BCUT2D eigenvalue weighted by atomic mass is 10.0. The van der Waals surface area contributed by atoms with Crippen LogP contribution >= 0.6 is 0 Å². The quantitative estimate of drug-likeness (QED) is 0.326. The van der Waals surface area contributed by atoms with Gasteiger partial charge < -0.3 is 19.6 Å². The summed E-state index contributed by atoms with van der Waals surface area (Å²) in [7, 11) is 0. The van der Waals surface area contributed by atoms with Gasteiger partial charge in [0, 0.05) is 16.5 Å². The molecule has 0 aliphatic heterocycles. The second-order valence-electron chi connectivity index (χ2n) is 7.55. The van der Waals surface area contributed by atoms with Crippen molar-refractivity contribution in [1.29, 1.82) is 0 Å². The molecule has 0 atom stereocenters. The van der Waals surface area contributed by atoms with E-state index in [4.69, 9.17) is 9.53 Å². The van der Waals surface area contributed by atoms with Crippen LogP contribution in [0.1, 0.15) is 32.0 Å². The maximum Gasteiger partial charge on any atom is 0.339 e. The summed E-state index contributed by atoms with van der Waals surface area (Å²) in [6.07, 6.45) is 0. The Morgan fingerprint density at radius 3 is 2.32 bits per heavy atom. The topological polar surface area (TPSA) is 96.5 Å². The third-order valence-electron chi connectivity index (χ3n) is 5.48. The maximum absolute atomic E-state index is 13.2. The molecule has 5 aromatic rings. The number of hydrogen-bond acceptors (Lipinski definition) is 4. The minimum absolute atomic E-state index is 0.0478. The van der Waals surface area contributed by atoms with Crippen molar-refractivity contribution in [2.75, 3.05) is 0 Å². The number of fused-ring (bicyclic) bond motifs is 3. The van der Waals surface area contributed by atoms with E-state index in [2.05, 4.69) is 4.98 Å². The van der Waals surface area contributed by atoms with Crippen LogP contribution in [0.5, 0.6) is 5.75 Å². The predicted molar refractivity (Wildman–Crippen MR) is 131 cm³/mol. The van der Waals surface area contributed by atoms with Gasteiger partial charge in [-0.3, -0.25) is 4.79 Å². The smallest absolute Gasteiger partial charge is 0.339 e. The number of benzene rings is 4. The van der Waals surface area contributed by atoms with Gasteiger partial charge in [-0.05, 0) is 46.7 Å². The zero-order chi connectivity index (χ0) is 24.1. The number of H-pyrrole nitrogens is 1. The van der Waals surface area contributed by atoms with E-state index in [1.807, 2.05) is 79.6 Å².